The van der Waals surface area contributed by atoms with E-state index in [-0.39, 0.29) is 11.8 Å². The van der Waals surface area contributed by atoms with Crippen LogP contribution in [0.2, 0.25) is 0 Å². The minimum atomic E-state index is -0.568. The molecule has 1 aliphatic rings. The van der Waals surface area contributed by atoms with Crippen LogP contribution >= 0.6 is 0 Å². The quantitative estimate of drug-likeness (QED) is 0.557. The first kappa shape index (κ1) is 17.9. The highest BCUT2D eigenvalue weighted by molar-refractivity contribution is 5.81. The van der Waals surface area contributed by atoms with E-state index in [4.69, 9.17) is 10.5 Å². The molecule has 0 spiro atoms. The number of ether oxygens (including phenoxy) is 1. The minimum absolute atomic E-state index is 0.173. The third kappa shape index (κ3) is 3.05. The molecule has 1 aromatic heterocycles. The van der Waals surface area contributed by atoms with E-state index in [0.29, 0.717) is 40.2 Å². The maximum atomic E-state index is 14.1. The topological polar surface area (TPSA) is 87.1 Å². The van der Waals surface area contributed by atoms with E-state index in [1.54, 1.807) is 26.2 Å². The molecule has 3 aromatic rings. The van der Waals surface area contributed by atoms with Gasteiger partial charge in [0, 0.05) is 11.1 Å². The van der Waals surface area contributed by atoms with Crippen LogP contribution in [0.3, 0.4) is 0 Å². The zero-order chi connectivity index (χ0) is 19.8. The Bertz CT molecular complexity index is 1100. The van der Waals surface area contributed by atoms with Crippen molar-refractivity contribution >= 4 is 12.2 Å². The van der Waals surface area contributed by atoms with Gasteiger partial charge in [-0.2, -0.15) is 0 Å². The van der Waals surface area contributed by atoms with Crippen LogP contribution in [-0.4, -0.2) is 28.0 Å². The number of methoxy groups -OCH3 is 1. The molecule has 7 heteroatoms. The molecule has 1 atom stereocenters. The highest BCUT2D eigenvalue weighted by Gasteiger charge is 2.31. The van der Waals surface area contributed by atoms with Crippen molar-refractivity contribution in [3.8, 4) is 16.9 Å². The molecule has 0 bridgehead atoms. The molecular formula is C21H19FN4O2. The lowest BCUT2D eigenvalue weighted by Gasteiger charge is -2.25. The normalized spacial score (nSPS) is 15.7. The molecule has 0 saturated carbocycles. The number of nitrogen functional groups attached to an aromatic ring is 1. The van der Waals surface area contributed by atoms with Crippen LogP contribution in [-0.2, 0) is 6.42 Å². The van der Waals surface area contributed by atoms with E-state index in [2.05, 4.69) is 9.97 Å². The molecule has 2 heterocycles. The number of nitrogens with zero attached hydrogens (tertiary/aromatic N) is 3. The fourth-order valence-corrected chi connectivity index (χ4v) is 3.64. The zero-order valence-corrected chi connectivity index (χ0v) is 15.5. The number of halogens is 1. The van der Waals surface area contributed by atoms with Crippen molar-refractivity contribution in [3.05, 3.63) is 76.0 Å². The van der Waals surface area contributed by atoms with Crippen molar-refractivity contribution in [2.75, 3.05) is 12.8 Å². The van der Waals surface area contributed by atoms with E-state index in [1.165, 1.54) is 18.3 Å². The summed E-state index contributed by atoms with van der Waals surface area (Å²) in [4.78, 5) is 8.43. The summed E-state index contributed by atoms with van der Waals surface area (Å²) in [6.45, 7) is 1.79. The van der Waals surface area contributed by atoms with E-state index in [0.717, 1.165) is 10.3 Å². The SMILES string of the molecule is COc1ccccc1-c1cc(F)ccc1C1Cc2nc(N)nc(C)c2C=[N+]1[O-]. The summed E-state index contributed by atoms with van der Waals surface area (Å²) in [5, 5.41) is 12.9. The average Bonchev–Trinajstić information content (AvgIpc) is 2.68. The molecule has 0 amide bonds. The molecule has 1 aliphatic heterocycles. The van der Waals surface area contributed by atoms with Gasteiger partial charge in [-0.3, -0.25) is 0 Å². The first-order valence-corrected chi connectivity index (χ1v) is 8.84. The number of anilines is 1. The molecule has 0 saturated heterocycles. The van der Waals surface area contributed by atoms with Crippen molar-refractivity contribution in [2.24, 2.45) is 0 Å². The fraction of sp³-hybridized carbons (Fsp3) is 0.190. The Hall–Kier alpha value is -3.48. The summed E-state index contributed by atoms with van der Waals surface area (Å²) < 4.78 is 20.4. The number of hydrogen-bond donors (Lipinski definition) is 1. The van der Waals surface area contributed by atoms with Crippen LogP contribution in [0.25, 0.3) is 11.1 Å². The van der Waals surface area contributed by atoms with Crippen LogP contribution in [0.4, 0.5) is 10.3 Å². The summed E-state index contributed by atoms with van der Waals surface area (Å²) in [5.41, 5.74) is 9.85. The van der Waals surface area contributed by atoms with Gasteiger partial charge in [0.05, 0.1) is 30.5 Å². The molecule has 0 aliphatic carbocycles. The third-order valence-electron chi connectivity index (χ3n) is 4.95. The molecule has 6 nitrogen and oxygen atoms in total. The second-order valence-corrected chi connectivity index (χ2v) is 6.67. The van der Waals surface area contributed by atoms with E-state index < -0.39 is 6.04 Å². The Morgan fingerprint density at radius 3 is 2.75 bits per heavy atom. The molecule has 0 fully saturated rings. The molecule has 28 heavy (non-hydrogen) atoms. The number of rotatable bonds is 3. The lowest BCUT2D eigenvalue weighted by Crippen LogP contribution is -2.26. The van der Waals surface area contributed by atoms with Crippen molar-refractivity contribution in [3.63, 3.8) is 0 Å². The largest absolute Gasteiger partial charge is 0.623 e. The van der Waals surface area contributed by atoms with Gasteiger partial charge in [-0.1, -0.05) is 18.2 Å². The molecule has 2 aromatic carbocycles. The summed E-state index contributed by atoms with van der Waals surface area (Å²) in [7, 11) is 1.56. The fourth-order valence-electron chi connectivity index (χ4n) is 3.64. The van der Waals surface area contributed by atoms with Gasteiger partial charge in [-0.15, -0.1) is 0 Å². The second-order valence-electron chi connectivity index (χ2n) is 6.67. The summed E-state index contributed by atoms with van der Waals surface area (Å²) in [5.74, 6) is 0.394. The Morgan fingerprint density at radius 1 is 1.18 bits per heavy atom. The Labute approximate surface area is 161 Å². The van der Waals surface area contributed by atoms with Gasteiger partial charge < -0.3 is 15.7 Å². The van der Waals surface area contributed by atoms with Gasteiger partial charge in [0.1, 0.15) is 11.6 Å². The van der Waals surface area contributed by atoms with E-state index in [9.17, 15) is 9.60 Å². The number of fused-ring (bicyclic) bond motifs is 1. The maximum absolute atomic E-state index is 14.1. The lowest BCUT2D eigenvalue weighted by atomic mass is 9.90. The number of nitrogens with two attached hydrogens (primary N) is 1. The van der Waals surface area contributed by atoms with Crippen LogP contribution in [0.15, 0.2) is 42.5 Å². The lowest BCUT2D eigenvalue weighted by molar-refractivity contribution is -0.504. The Morgan fingerprint density at radius 2 is 1.96 bits per heavy atom. The van der Waals surface area contributed by atoms with Crippen molar-refractivity contribution in [1.29, 1.82) is 0 Å². The summed E-state index contributed by atoms with van der Waals surface area (Å²) >= 11 is 0. The molecule has 2 N–H and O–H groups in total. The maximum Gasteiger partial charge on any atom is 0.220 e. The number of para-hydroxylation sites is 1. The standard InChI is InChI=1S/C21H19FN4O2/c1-12-17-11-26(27)19(10-18(17)25-21(23)24-12)14-8-7-13(22)9-16(14)15-5-3-4-6-20(15)28-2/h3-9,11,19H,10H2,1-2H3,(H2,23,24,25). The number of hydroxylamine groups is 1. The number of hydrogen-bond acceptors (Lipinski definition) is 5. The minimum Gasteiger partial charge on any atom is -0.623 e. The molecule has 1 unspecified atom stereocenters. The third-order valence-corrected chi connectivity index (χ3v) is 4.95. The molecule has 4 rings (SSSR count). The average molecular weight is 378 g/mol. The van der Waals surface area contributed by atoms with Gasteiger partial charge in [0.15, 0.2) is 12.3 Å². The van der Waals surface area contributed by atoms with Crippen LogP contribution in [0.5, 0.6) is 5.75 Å². The van der Waals surface area contributed by atoms with Crippen molar-refractivity contribution < 1.29 is 13.9 Å². The Balaban J connectivity index is 1.87. The van der Waals surface area contributed by atoms with Gasteiger partial charge in [-0.25, -0.2) is 19.1 Å². The molecule has 0 radical (unpaired) electrons. The van der Waals surface area contributed by atoms with Crippen molar-refractivity contribution in [2.45, 2.75) is 19.4 Å². The van der Waals surface area contributed by atoms with Crippen LogP contribution in [0.1, 0.15) is 28.6 Å². The Kier molecular flexibility index (Phi) is 4.43. The first-order valence-electron chi connectivity index (χ1n) is 8.84. The summed E-state index contributed by atoms with van der Waals surface area (Å²) in [6.07, 6.45) is 1.82. The summed E-state index contributed by atoms with van der Waals surface area (Å²) in [6, 6.07) is 11.2. The van der Waals surface area contributed by atoms with Crippen LogP contribution < -0.4 is 10.5 Å². The van der Waals surface area contributed by atoms with Gasteiger partial charge in [0.2, 0.25) is 5.95 Å². The highest BCUT2D eigenvalue weighted by atomic mass is 19.1. The molecular weight excluding hydrogens is 359 g/mol. The smallest absolute Gasteiger partial charge is 0.220 e. The number of aromatic nitrogens is 2. The van der Waals surface area contributed by atoms with Gasteiger partial charge in [-0.05, 0) is 36.8 Å². The predicted molar refractivity (Wildman–Crippen MR) is 105 cm³/mol. The highest BCUT2D eigenvalue weighted by Crippen LogP contribution is 2.38. The van der Waals surface area contributed by atoms with Crippen molar-refractivity contribution in [1.82, 2.24) is 9.97 Å². The predicted octanol–water partition coefficient (Wildman–Crippen LogP) is 3.41. The van der Waals surface area contributed by atoms with E-state index >= 15 is 0 Å². The molecule has 142 valence electrons. The zero-order valence-electron chi connectivity index (χ0n) is 15.5. The van der Waals surface area contributed by atoms with Gasteiger partial charge in [0.25, 0.3) is 0 Å². The number of benzene rings is 2. The monoisotopic (exact) mass is 378 g/mol. The number of aryl methyl sites for hydroxylation is 1. The van der Waals surface area contributed by atoms with Gasteiger partial charge >= 0.3 is 0 Å². The van der Waals surface area contributed by atoms with E-state index in [1.807, 2.05) is 18.2 Å². The van der Waals surface area contributed by atoms with Crippen LogP contribution in [0, 0.1) is 17.9 Å². The second kappa shape index (κ2) is 6.92. The first-order chi connectivity index (χ1) is 13.5.